The Morgan fingerprint density at radius 1 is 1.30 bits per heavy atom. The van der Waals surface area contributed by atoms with Crippen molar-refractivity contribution < 1.29 is 14.3 Å². The molecule has 6 nitrogen and oxygen atoms in total. The third-order valence-corrected chi connectivity index (χ3v) is 3.63. The van der Waals surface area contributed by atoms with Gasteiger partial charge in [0.2, 0.25) is 5.91 Å². The van der Waals surface area contributed by atoms with Gasteiger partial charge in [0.25, 0.3) is 5.91 Å². The van der Waals surface area contributed by atoms with Gasteiger partial charge in [-0.15, -0.1) is 12.4 Å². The normalized spacial score (nSPS) is 15.5. The Bertz CT molecular complexity index is 533. The van der Waals surface area contributed by atoms with Crippen LogP contribution in [0.2, 0.25) is 0 Å². The predicted molar refractivity (Wildman–Crippen MR) is 92.1 cm³/mol. The summed E-state index contributed by atoms with van der Waals surface area (Å²) in [5, 5.41) is 5.82. The van der Waals surface area contributed by atoms with Crippen molar-refractivity contribution in [2.75, 3.05) is 45.2 Å². The van der Waals surface area contributed by atoms with Crippen molar-refractivity contribution in [2.24, 2.45) is 5.92 Å². The molecule has 0 saturated carbocycles. The lowest BCUT2D eigenvalue weighted by Crippen LogP contribution is -2.40. The maximum Gasteiger partial charge on any atom is 0.254 e. The molecule has 23 heavy (non-hydrogen) atoms. The minimum atomic E-state index is -0.136. The van der Waals surface area contributed by atoms with Gasteiger partial charge in [-0.25, -0.2) is 0 Å². The maximum atomic E-state index is 12.4. The summed E-state index contributed by atoms with van der Waals surface area (Å²) in [7, 11) is 1.81. The van der Waals surface area contributed by atoms with Crippen molar-refractivity contribution in [2.45, 2.75) is 6.92 Å². The molecule has 2 N–H and O–H groups in total. The zero-order valence-electron chi connectivity index (χ0n) is 13.5. The smallest absolute Gasteiger partial charge is 0.254 e. The molecule has 0 aromatic heterocycles. The SMILES string of the molecule is CNCC(C)C(=O)Nc1cccc(C(=O)N2CCOCC2)c1.Cl. The van der Waals surface area contributed by atoms with Crippen LogP contribution >= 0.6 is 12.4 Å². The molecule has 0 radical (unpaired) electrons. The molecule has 1 heterocycles. The summed E-state index contributed by atoms with van der Waals surface area (Å²) in [5.41, 5.74) is 1.23. The second-order valence-corrected chi connectivity index (χ2v) is 5.43. The van der Waals surface area contributed by atoms with Crippen LogP contribution in [0.4, 0.5) is 5.69 Å². The lowest BCUT2D eigenvalue weighted by atomic mass is 10.1. The van der Waals surface area contributed by atoms with Crippen molar-refractivity contribution >= 4 is 29.9 Å². The molecule has 0 bridgehead atoms. The van der Waals surface area contributed by atoms with E-state index in [-0.39, 0.29) is 30.1 Å². The van der Waals surface area contributed by atoms with E-state index in [1.807, 2.05) is 14.0 Å². The monoisotopic (exact) mass is 341 g/mol. The number of benzene rings is 1. The first-order valence-electron chi connectivity index (χ1n) is 7.54. The zero-order valence-corrected chi connectivity index (χ0v) is 14.3. The second kappa shape index (κ2) is 9.50. The van der Waals surface area contributed by atoms with Crippen LogP contribution in [-0.4, -0.2) is 56.6 Å². The van der Waals surface area contributed by atoms with Crippen LogP contribution in [-0.2, 0) is 9.53 Å². The van der Waals surface area contributed by atoms with E-state index in [9.17, 15) is 9.59 Å². The minimum Gasteiger partial charge on any atom is -0.378 e. The molecule has 1 unspecified atom stereocenters. The fourth-order valence-electron chi connectivity index (χ4n) is 2.34. The first-order valence-corrected chi connectivity index (χ1v) is 7.54. The number of nitrogens with one attached hydrogen (secondary N) is 2. The third-order valence-electron chi connectivity index (χ3n) is 3.63. The topological polar surface area (TPSA) is 70.7 Å². The number of carbonyl (C=O) groups excluding carboxylic acids is 2. The average Bonchev–Trinajstić information content (AvgIpc) is 2.55. The lowest BCUT2D eigenvalue weighted by molar-refractivity contribution is -0.119. The van der Waals surface area contributed by atoms with Gasteiger partial charge in [-0.3, -0.25) is 9.59 Å². The largest absolute Gasteiger partial charge is 0.378 e. The van der Waals surface area contributed by atoms with Crippen LogP contribution < -0.4 is 10.6 Å². The minimum absolute atomic E-state index is 0. The van der Waals surface area contributed by atoms with Crippen LogP contribution in [0, 0.1) is 5.92 Å². The van der Waals surface area contributed by atoms with Gasteiger partial charge in [-0.2, -0.15) is 0 Å². The van der Waals surface area contributed by atoms with Crippen LogP contribution in [0.25, 0.3) is 0 Å². The highest BCUT2D eigenvalue weighted by molar-refractivity contribution is 5.97. The number of hydrogen-bond acceptors (Lipinski definition) is 4. The van der Waals surface area contributed by atoms with Crippen molar-refractivity contribution in [3.63, 3.8) is 0 Å². The van der Waals surface area contributed by atoms with Crippen LogP contribution in [0.1, 0.15) is 17.3 Å². The number of rotatable bonds is 5. The van der Waals surface area contributed by atoms with Crippen LogP contribution in [0.15, 0.2) is 24.3 Å². The fourth-order valence-corrected chi connectivity index (χ4v) is 2.34. The lowest BCUT2D eigenvalue weighted by Gasteiger charge is -2.27. The predicted octanol–water partition coefficient (Wildman–Crippen LogP) is 1.37. The van der Waals surface area contributed by atoms with Crippen molar-refractivity contribution in [3.8, 4) is 0 Å². The second-order valence-electron chi connectivity index (χ2n) is 5.43. The maximum absolute atomic E-state index is 12.4. The Hall–Kier alpha value is -1.63. The van der Waals surface area contributed by atoms with Crippen LogP contribution in [0.3, 0.4) is 0 Å². The first-order chi connectivity index (χ1) is 10.6. The molecule has 1 aromatic carbocycles. The summed E-state index contributed by atoms with van der Waals surface area (Å²) in [4.78, 5) is 26.2. The summed E-state index contributed by atoms with van der Waals surface area (Å²) in [5.74, 6) is -0.225. The number of nitrogens with zero attached hydrogens (tertiary/aromatic N) is 1. The van der Waals surface area contributed by atoms with Gasteiger partial charge in [-0.1, -0.05) is 13.0 Å². The number of hydrogen-bond donors (Lipinski definition) is 2. The Kier molecular flexibility index (Phi) is 8.02. The van der Waals surface area contributed by atoms with Crippen molar-refractivity contribution in [1.82, 2.24) is 10.2 Å². The molecule has 1 saturated heterocycles. The van der Waals surface area contributed by atoms with Gasteiger partial charge in [0, 0.05) is 36.8 Å². The Labute approximate surface area is 143 Å². The Morgan fingerprint density at radius 3 is 2.65 bits per heavy atom. The number of halogens is 1. The molecule has 1 aliphatic heterocycles. The van der Waals surface area contributed by atoms with Crippen LogP contribution in [0.5, 0.6) is 0 Å². The summed E-state index contributed by atoms with van der Waals surface area (Å²) in [6, 6.07) is 7.07. The molecule has 1 atom stereocenters. The van der Waals surface area contributed by atoms with Gasteiger partial charge < -0.3 is 20.3 Å². The fraction of sp³-hybridized carbons (Fsp3) is 0.500. The summed E-state index contributed by atoms with van der Waals surface area (Å²) in [6.07, 6.45) is 0. The van der Waals surface area contributed by atoms with E-state index in [1.54, 1.807) is 29.2 Å². The van der Waals surface area contributed by atoms with Crippen molar-refractivity contribution in [1.29, 1.82) is 0 Å². The van der Waals surface area contributed by atoms with E-state index in [2.05, 4.69) is 10.6 Å². The van der Waals surface area contributed by atoms with Gasteiger partial charge in [0.1, 0.15) is 0 Å². The number of anilines is 1. The van der Waals surface area contributed by atoms with Gasteiger partial charge >= 0.3 is 0 Å². The molecule has 1 fully saturated rings. The quantitative estimate of drug-likeness (QED) is 0.848. The molecule has 1 aromatic rings. The van der Waals surface area contributed by atoms with Crippen molar-refractivity contribution in [3.05, 3.63) is 29.8 Å². The molecular weight excluding hydrogens is 318 g/mol. The highest BCUT2D eigenvalue weighted by atomic mass is 35.5. The summed E-state index contributed by atoms with van der Waals surface area (Å²) >= 11 is 0. The van der Waals surface area contributed by atoms with E-state index >= 15 is 0 Å². The third kappa shape index (κ3) is 5.49. The van der Waals surface area contributed by atoms with Gasteiger partial charge in [0.15, 0.2) is 0 Å². The Morgan fingerprint density at radius 2 is 2.00 bits per heavy atom. The summed E-state index contributed by atoms with van der Waals surface area (Å²) < 4.78 is 5.25. The molecule has 2 rings (SSSR count). The Balaban J connectivity index is 0.00000264. The molecule has 128 valence electrons. The number of carbonyl (C=O) groups is 2. The molecule has 7 heteroatoms. The number of ether oxygens (including phenoxy) is 1. The first kappa shape index (κ1) is 19.4. The number of morpholine rings is 1. The van der Waals surface area contributed by atoms with E-state index in [0.29, 0.717) is 44.1 Å². The van der Waals surface area contributed by atoms with Gasteiger partial charge in [0.05, 0.1) is 13.2 Å². The molecule has 0 aliphatic carbocycles. The van der Waals surface area contributed by atoms with E-state index < -0.39 is 0 Å². The van der Waals surface area contributed by atoms with E-state index in [0.717, 1.165) is 0 Å². The highest BCUT2D eigenvalue weighted by Gasteiger charge is 2.19. The summed E-state index contributed by atoms with van der Waals surface area (Å²) in [6.45, 7) is 4.82. The van der Waals surface area contributed by atoms with E-state index in [1.165, 1.54) is 0 Å². The standard InChI is InChI=1S/C16H23N3O3.ClH/c1-12(11-17-2)15(20)18-14-5-3-4-13(10-14)16(21)19-6-8-22-9-7-19;/h3-5,10,12,17H,6-9,11H2,1-2H3,(H,18,20);1H. The molecular formula is C16H24ClN3O3. The molecule has 2 amide bonds. The zero-order chi connectivity index (χ0) is 15.9. The molecule has 0 spiro atoms. The average molecular weight is 342 g/mol. The highest BCUT2D eigenvalue weighted by Crippen LogP contribution is 2.14. The van der Waals surface area contributed by atoms with Gasteiger partial charge in [-0.05, 0) is 25.2 Å². The van der Waals surface area contributed by atoms with E-state index in [4.69, 9.17) is 4.74 Å². The molecule has 1 aliphatic rings. The number of amides is 2.